The van der Waals surface area contributed by atoms with Crippen molar-refractivity contribution in [2.45, 2.75) is 32.3 Å². The molecule has 3 rings (SSSR count). The van der Waals surface area contributed by atoms with E-state index in [-0.39, 0.29) is 17.6 Å². The minimum absolute atomic E-state index is 0.274. The quantitative estimate of drug-likeness (QED) is 0.580. The minimum Gasteiger partial charge on any atom is -0.393 e. The molecular weight excluding hydrogens is 355 g/mol. The number of hydrogen-bond donors (Lipinski definition) is 2. The molecule has 0 aliphatic heterocycles. The zero-order valence-electron chi connectivity index (χ0n) is 15.7. The summed E-state index contributed by atoms with van der Waals surface area (Å²) in [5, 5.41) is 9.25. The van der Waals surface area contributed by atoms with Crippen LogP contribution in [0, 0.1) is 5.82 Å². The van der Waals surface area contributed by atoms with Gasteiger partial charge in [-0.15, -0.1) is 0 Å². The number of aliphatic hydroxyl groups is 1. The minimum atomic E-state index is -0.389. The predicted molar refractivity (Wildman–Crippen MR) is 110 cm³/mol. The lowest BCUT2D eigenvalue weighted by atomic mass is 10.00. The molecule has 5 heteroatoms. The van der Waals surface area contributed by atoms with E-state index >= 15 is 0 Å². The number of nitrogens with zero attached hydrogens (tertiary/aromatic N) is 1. The molecule has 0 saturated carbocycles. The van der Waals surface area contributed by atoms with Crippen LogP contribution in [0.3, 0.4) is 0 Å². The second-order valence-electron chi connectivity index (χ2n) is 6.81. The van der Waals surface area contributed by atoms with E-state index in [0.29, 0.717) is 5.56 Å². The molecule has 0 amide bonds. The number of benzene rings is 2. The summed E-state index contributed by atoms with van der Waals surface area (Å²) in [6, 6.07) is 12.7. The molecule has 0 fully saturated rings. The van der Waals surface area contributed by atoms with Gasteiger partial charge in [-0.25, -0.2) is 14.2 Å². The lowest BCUT2D eigenvalue weighted by Gasteiger charge is -2.07. The van der Waals surface area contributed by atoms with E-state index in [1.807, 2.05) is 42.5 Å². The first kappa shape index (κ1) is 19.7. The van der Waals surface area contributed by atoms with Gasteiger partial charge in [0.1, 0.15) is 5.82 Å². The molecule has 0 aliphatic rings. The Morgan fingerprint density at radius 2 is 1.89 bits per heavy atom. The Bertz CT molecular complexity index is 987. The number of nitrogens with one attached hydrogen (secondary N) is 1. The fourth-order valence-corrected chi connectivity index (χ4v) is 2.96. The Labute approximate surface area is 163 Å². The number of H-pyrrole nitrogens is 1. The molecule has 144 valence electrons. The first-order chi connectivity index (χ1) is 13.5. The highest BCUT2D eigenvalue weighted by Crippen LogP contribution is 2.27. The first-order valence-electron chi connectivity index (χ1n) is 9.32. The van der Waals surface area contributed by atoms with Crippen LogP contribution in [0.1, 0.15) is 31.7 Å². The molecule has 0 radical (unpaired) electrons. The smallest absolute Gasteiger partial charge is 0.344 e. The third kappa shape index (κ3) is 5.24. The van der Waals surface area contributed by atoms with E-state index in [1.165, 1.54) is 12.3 Å². The number of rotatable bonds is 7. The maximum absolute atomic E-state index is 14.6. The van der Waals surface area contributed by atoms with Crippen LogP contribution < -0.4 is 5.69 Å². The van der Waals surface area contributed by atoms with Crippen LogP contribution in [0.4, 0.5) is 4.39 Å². The monoisotopic (exact) mass is 378 g/mol. The van der Waals surface area contributed by atoms with Crippen LogP contribution in [-0.4, -0.2) is 21.2 Å². The third-order valence-corrected chi connectivity index (χ3v) is 4.50. The van der Waals surface area contributed by atoms with Crippen LogP contribution in [0.2, 0.25) is 0 Å². The Morgan fingerprint density at radius 3 is 2.54 bits per heavy atom. The standard InChI is InChI=1S/C23H23FN2O2/c1-16(27)5-3-2-4-6-17-7-12-21(22(24)13-17)19-10-8-18(9-11-19)20-14-25-23(28)26-15-20/h4,6-16,27H,2-3,5H2,1H3,(H,25,26,28)/b6-4+. The normalized spacial score (nSPS) is 12.4. The molecule has 28 heavy (non-hydrogen) atoms. The van der Waals surface area contributed by atoms with Crippen LogP contribution in [0.5, 0.6) is 0 Å². The fraction of sp³-hybridized carbons (Fsp3) is 0.217. The van der Waals surface area contributed by atoms with E-state index in [9.17, 15) is 14.3 Å². The van der Waals surface area contributed by atoms with Gasteiger partial charge in [0, 0.05) is 23.5 Å². The van der Waals surface area contributed by atoms with Gasteiger partial charge in [0.15, 0.2) is 0 Å². The lowest BCUT2D eigenvalue weighted by Crippen LogP contribution is -2.07. The summed E-state index contributed by atoms with van der Waals surface area (Å²) < 4.78 is 14.6. The van der Waals surface area contributed by atoms with Gasteiger partial charge in [-0.3, -0.25) is 0 Å². The second-order valence-corrected chi connectivity index (χ2v) is 6.81. The molecule has 1 unspecified atom stereocenters. The number of unbranched alkanes of at least 4 members (excludes halogenated alkanes) is 1. The maximum atomic E-state index is 14.6. The molecule has 1 atom stereocenters. The van der Waals surface area contributed by atoms with Gasteiger partial charge in [-0.2, -0.15) is 0 Å². The van der Waals surface area contributed by atoms with Crippen LogP contribution in [0.25, 0.3) is 28.3 Å². The number of aliphatic hydroxyl groups excluding tert-OH is 1. The van der Waals surface area contributed by atoms with Gasteiger partial charge < -0.3 is 10.1 Å². The zero-order chi connectivity index (χ0) is 19.9. The second kappa shape index (κ2) is 9.24. The molecule has 1 heterocycles. The highest BCUT2D eigenvalue weighted by molar-refractivity contribution is 5.71. The summed E-state index contributed by atoms with van der Waals surface area (Å²) in [7, 11) is 0. The summed E-state index contributed by atoms with van der Waals surface area (Å²) >= 11 is 0. The van der Waals surface area contributed by atoms with Gasteiger partial charge >= 0.3 is 5.69 Å². The fourth-order valence-electron chi connectivity index (χ4n) is 2.96. The van der Waals surface area contributed by atoms with E-state index in [4.69, 9.17) is 0 Å². The highest BCUT2D eigenvalue weighted by atomic mass is 19.1. The molecule has 4 nitrogen and oxygen atoms in total. The molecule has 2 N–H and O–H groups in total. The molecule has 1 aromatic heterocycles. The van der Waals surface area contributed by atoms with Gasteiger partial charge in [-0.1, -0.05) is 48.6 Å². The summed E-state index contributed by atoms with van der Waals surface area (Å²) in [5.41, 5.74) is 3.43. The van der Waals surface area contributed by atoms with Crippen molar-refractivity contribution in [1.82, 2.24) is 9.97 Å². The topological polar surface area (TPSA) is 66.0 Å². The van der Waals surface area contributed by atoms with Crippen molar-refractivity contribution < 1.29 is 9.50 Å². The van der Waals surface area contributed by atoms with E-state index in [0.717, 1.165) is 41.5 Å². The van der Waals surface area contributed by atoms with Crippen molar-refractivity contribution in [3.63, 3.8) is 0 Å². The van der Waals surface area contributed by atoms with Crippen LogP contribution in [0.15, 0.2) is 65.7 Å². The number of allylic oxidation sites excluding steroid dienone is 1. The predicted octanol–water partition coefficient (Wildman–Crippen LogP) is 4.81. The average Bonchev–Trinajstić information content (AvgIpc) is 2.68. The first-order valence-corrected chi connectivity index (χ1v) is 9.32. The van der Waals surface area contributed by atoms with Gasteiger partial charge in [0.05, 0.1) is 6.10 Å². The Kier molecular flexibility index (Phi) is 6.50. The van der Waals surface area contributed by atoms with Crippen molar-refractivity contribution in [1.29, 1.82) is 0 Å². The molecule has 2 aromatic carbocycles. The number of aromatic amines is 1. The molecule has 0 spiro atoms. The SMILES string of the molecule is CC(O)CCC/C=C/c1ccc(-c2ccc(-c3cnc(=O)[nH]c3)cc2)c(F)c1. The van der Waals surface area contributed by atoms with Crippen LogP contribution in [-0.2, 0) is 0 Å². The van der Waals surface area contributed by atoms with Gasteiger partial charge in [0.25, 0.3) is 0 Å². The van der Waals surface area contributed by atoms with Crippen molar-refractivity contribution in [2.75, 3.05) is 0 Å². The van der Waals surface area contributed by atoms with E-state index in [1.54, 1.807) is 19.2 Å². The molecule has 0 bridgehead atoms. The number of hydrogen-bond acceptors (Lipinski definition) is 3. The van der Waals surface area contributed by atoms with E-state index < -0.39 is 0 Å². The van der Waals surface area contributed by atoms with Gasteiger partial charge in [-0.05, 0) is 48.9 Å². The van der Waals surface area contributed by atoms with Crippen molar-refractivity contribution in [3.05, 3.63) is 82.8 Å². The summed E-state index contributed by atoms with van der Waals surface area (Å²) in [4.78, 5) is 17.3. The highest BCUT2D eigenvalue weighted by Gasteiger charge is 2.06. The average molecular weight is 378 g/mol. The Morgan fingerprint density at radius 1 is 1.14 bits per heavy atom. The molecule has 0 saturated heterocycles. The Balaban J connectivity index is 1.70. The summed E-state index contributed by atoms with van der Waals surface area (Å²) in [6.07, 6.45) is 9.27. The Hall–Kier alpha value is -3.05. The summed E-state index contributed by atoms with van der Waals surface area (Å²) in [5.74, 6) is -0.274. The van der Waals surface area contributed by atoms with Crippen molar-refractivity contribution >= 4 is 6.08 Å². The van der Waals surface area contributed by atoms with Crippen LogP contribution >= 0.6 is 0 Å². The number of aromatic nitrogens is 2. The lowest BCUT2D eigenvalue weighted by molar-refractivity contribution is 0.182. The maximum Gasteiger partial charge on any atom is 0.344 e. The molecule has 0 aliphatic carbocycles. The van der Waals surface area contributed by atoms with Gasteiger partial charge in [0.2, 0.25) is 0 Å². The largest absolute Gasteiger partial charge is 0.393 e. The van der Waals surface area contributed by atoms with Crippen molar-refractivity contribution in [2.24, 2.45) is 0 Å². The number of halogens is 1. The van der Waals surface area contributed by atoms with Crippen molar-refractivity contribution in [3.8, 4) is 22.3 Å². The third-order valence-electron chi connectivity index (χ3n) is 4.50. The zero-order valence-corrected chi connectivity index (χ0v) is 15.7. The van der Waals surface area contributed by atoms with E-state index in [2.05, 4.69) is 9.97 Å². The molecule has 3 aromatic rings. The summed E-state index contributed by atoms with van der Waals surface area (Å²) in [6.45, 7) is 1.78. The molecular formula is C23H23FN2O2.